The molecule has 70 valence electrons. The van der Waals surface area contributed by atoms with Gasteiger partial charge in [-0.1, -0.05) is 19.2 Å². The Balaban J connectivity index is 1.92. The molecule has 2 heterocycles. The monoisotopic (exact) mass is 186 g/mol. The number of piperidine rings is 2. The minimum absolute atomic E-state index is 0.497. The van der Waals surface area contributed by atoms with Crippen LogP contribution in [0.15, 0.2) is 0 Å². The molecule has 2 rings (SSSR count). The van der Waals surface area contributed by atoms with Gasteiger partial charge in [0.1, 0.15) is 0 Å². The summed E-state index contributed by atoms with van der Waals surface area (Å²) in [6, 6.07) is 0. The van der Waals surface area contributed by atoms with E-state index >= 15 is 0 Å². The lowest BCUT2D eigenvalue weighted by Crippen LogP contribution is -2.53. The molecule has 0 amide bonds. The molecule has 0 radical (unpaired) electrons. The molecule has 0 aromatic carbocycles. The first-order valence-corrected chi connectivity index (χ1v) is 5.40. The first-order valence-electron chi connectivity index (χ1n) is 5.00. The second kappa shape index (κ2) is 3.56. The number of thiol groups is 1. The van der Waals surface area contributed by atoms with Gasteiger partial charge in [0.05, 0.1) is 0 Å². The Labute approximate surface area is 80.2 Å². The van der Waals surface area contributed by atoms with Crippen molar-refractivity contribution in [2.45, 2.75) is 37.6 Å². The first kappa shape index (κ1) is 8.85. The highest BCUT2D eigenvalue weighted by atomic mass is 32.1. The zero-order valence-electron chi connectivity index (χ0n) is 7.55. The largest absolute Gasteiger partial charge is 0.311 e. The Bertz CT molecular complexity index is 145. The van der Waals surface area contributed by atoms with Crippen LogP contribution < -0.4 is 5.32 Å². The lowest BCUT2D eigenvalue weighted by Gasteiger charge is -2.43. The zero-order valence-corrected chi connectivity index (χ0v) is 8.45. The molecule has 1 N–H and O–H groups in total. The number of nitrogens with one attached hydrogen (secondary N) is 1. The van der Waals surface area contributed by atoms with E-state index in [1.807, 2.05) is 0 Å². The van der Waals surface area contributed by atoms with Gasteiger partial charge in [-0.3, -0.25) is 4.31 Å². The topological polar surface area (TPSA) is 15.3 Å². The van der Waals surface area contributed by atoms with Gasteiger partial charge in [-0.2, -0.15) is 0 Å². The molecule has 0 atom stereocenters. The molecule has 1 spiro atoms. The summed E-state index contributed by atoms with van der Waals surface area (Å²) in [5.41, 5.74) is 0.497. The van der Waals surface area contributed by atoms with Crippen molar-refractivity contribution in [1.82, 2.24) is 9.62 Å². The Morgan fingerprint density at radius 2 is 1.83 bits per heavy atom. The van der Waals surface area contributed by atoms with E-state index in [2.05, 4.69) is 22.4 Å². The van der Waals surface area contributed by atoms with Crippen LogP contribution in [0.3, 0.4) is 0 Å². The summed E-state index contributed by atoms with van der Waals surface area (Å²) in [5, 5.41) is 3.69. The fourth-order valence-corrected chi connectivity index (χ4v) is 2.58. The van der Waals surface area contributed by atoms with Gasteiger partial charge in [0, 0.05) is 18.6 Å². The molecule has 0 aromatic rings. The Kier molecular flexibility index (Phi) is 2.63. The summed E-state index contributed by atoms with van der Waals surface area (Å²) >= 11 is 4.37. The number of hydrogen-bond donors (Lipinski definition) is 2. The van der Waals surface area contributed by atoms with Crippen molar-refractivity contribution in [3.63, 3.8) is 0 Å². The van der Waals surface area contributed by atoms with Gasteiger partial charge in [0.15, 0.2) is 0 Å². The molecular weight excluding hydrogens is 168 g/mol. The summed E-state index contributed by atoms with van der Waals surface area (Å²) in [6.07, 6.45) is 6.74. The normalized spacial score (nSPS) is 30.8. The lowest BCUT2D eigenvalue weighted by molar-refractivity contribution is 0.163. The fraction of sp³-hybridized carbons (Fsp3) is 1.00. The number of rotatable bonds is 0. The summed E-state index contributed by atoms with van der Waals surface area (Å²) < 4.78 is 2.14. The van der Waals surface area contributed by atoms with E-state index < -0.39 is 0 Å². The maximum absolute atomic E-state index is 4.37. The fourth-order valence-electron chi connectivity index (χ4n) is 2.38. The number of nitrogens with zero attached hydrogens (tertiary/aromatic N) is 1. The maximum Gasteiger partial charge on any atom is 0.0206 e. The highest BCUT2D eigenvalue weighted by Crippen LogP contribution is 2.30. The molecule has 0 saturated carbocycles. The molecule has 2 aliphatic rings. The molecule has 0 unspecified atom stereocenters. The van der Waals surface area contributed by atoms with Crippen molar-refractivity contribution in [1.29, 1.82) is 0 Å². The van der Waals surface area contributed by atoms with Crippen molar-refractivity contribution in [2.24, 2.45) is 0 Å². The molecule has 0 aliphatic carbocycles. The predicted octanol–water partition coefficient (Wildman–Crippen LogP) is 1.44. The van der Waals surface area contributed by atoms with Gasteiger partial charge < -0.3 is 5.32 Å². The van der Waals surface area contributed by atoms with Crippen molar-refractivity contribution in [3.8, 4) is 0 Å². The third-order valence-corrected chi connectivity index (χ3v) is 3.68. The van der Waals surface area contributed by atoms with Crippen molar-refractivity contribution in [2.75, 3.05) is 19.6 Å². The van der Waals surface area contributed by atoms with Crippen LogP contribution in [-0.2, 0) is 0 Å². The second-order valence-corrected chi connectivity index (χ2v) is 4.68. The Morgan fingerprint density at radius 1 is 1.08 bits per heavy atom. The van der Waals surface area contributed by atoms with E-state index in [1.54, 1.807) is 0 Å². The number of hydrogen-bond acceptors (Lipinski definition) is 3. The van der Waals surface area contributed by atoms with Crippen LogP contribution in [0.4, 0.5) is 0 Å². The molecule has 2 saturated heterocycles. The van der Waals surface area contributed by atoms with Gasteiger partial charge in [-0.15, -0.1) is 0 Å². The lowest BCUT2D eigenvalue weighted by atomic mass is 9.81. The molecule has 2 nitrogen and oxygen atoms in total. The van der Waals surface area contributed by atoms with Crippen LogP contribution >= 0.6 is 12.8 Å². The summed E-state index contributed by atoms with van der Waals surface area (Å²) in [5.74, 6) is 0. The minimum atomic E-state index is 0.497. The standard InChI is InChI=1S/C9H18N2S/c12-11-7-4-9(5-8-11)3-1-2-6-10-9/h10,12H,1-8H2. The summed E-state index contributed by atoms with van der Waals surface area (Å²) in [4.78, 5) is 0. The van der Waals surface area contributed by atoms with E-state index in [9.17, 15) is 0 Å². The molecule has 12 heavy (non-hydrogen) atoms. The van der Waals surface area contributed by atoms with Crippen LogP contribution in [0.1, 0.15) is 32.1 Å². The quantitative estimate of drug-likeness (QED) is 0.557. The zero-order chi connectivity index (χ0) is 8.44. The molecule has 3 heteroatoms. The van der Waals surface area contributed by atoms with Crippen molar-refractivity contribution >= 4 is 12.8 Å². The average molecular weight is 186 g/mol. The van der Waals surface area contributed by atoms with E-state index in [-0.39, 0.29) is 0 Å². The smallest absolute Gasteiger partial charge is 0.0206 e. The third kappa shape index (κ3) is 1.78. The van der Waals surface area contributed by atoms with Gasteiger partial charge in [-0.05, 0) is 32.2 Å². The van der Waals surface area contributed by atoms with Crippen molar-refractivity contribution < 1.29 is 0 Å². The highest BCUT2D eigenvalue weighted by molar-refractivity contribution is 7.77. The Hall–Kier alpha value is 0.270. The van der Waals surface area contributed by atoms with Crippen LogP contribution in [0.2, 0.25) is 0 Å². The minimum Gasteiger partial charge on any atom is -0.311 e. The second-order valence-electron chi connectivity index (χ2n) is 4.12. The van der Waals surface area contributed by atoms with Crippen molar-refractivity contribution in [3.05, 3.63) is 0 Å². The van der Waals surface area contributed by atoms with Crippen LogP contribution in [-0.4, -0.2) is 29.5 Å². The van der Waals surface area contributed by atoms with E-state index in [1.165, 1.54) is 38.6 Å². The average Bonchev–Trinajstić information content (AvgIpc) is 2.13. The van der Waals surface area contributed by atoms with E-state index in [0.717, 1.165) is 13.1 Å². The molecule has 0 bridgehead atoms. The molecular formula is C9H18N2S. The van der Waals surface area contributed by atoms with Gasteiger partial charge >= 0.3 is 0 Å². The van der Waals surface area contributed by atoms with E-state index in [4.69, 9.17) is 0 Å². The summed E-state index contributed by atoms with van der Waals surface area (Å²) in [6.45, 7) is 3.53. The third-order valence-electron chi connectivity index (χ3n) is 3.28. The molecule has 0 aromatic heterocycles. The van der Waals surface area contributed by atoms with Gasteiger partial charge in [0.2, 0.25) is 0 Å². The highest BCUT2D eigenvalue weighted by Gasteiger charge is 2.34. The maximum atomic E-state index is 4.37. The summed E-state index contributed by atoms with van der Waals surface area (Å²) in [7, 11) is 0. The van der Waals surface area contributed by atoms with Gasteiger partial charge in [-0.25, -0.2) is 0 Å². The van der Waals surface area contributed by atoms with Crippen LogP contribution in [0.25, 0.3) is 0 Å². The predicted molar refractivity (Wildman–Crippen MR) is 54.4 cm³/mol. The Morgan fingerprint density at radius 3 is 2.42 bits per heavy atom. The van der Waals surface area contributed by atoms with Gasteiger partial charge in [0.25, 0.3) is 0 Å². The van der Waals surface area contributed by atoms with Crippen LogP contribution in [0.5, 0.6) is 0 Å². The molecule has 2 aliphatic heterocycles. The SMILES string of the molecule is SN1CCC2(CCCCN2)CC1. The van der Waals surface area contributed by atoms with E-state index in [0.29, 0.717) is 5.54 Å². The van der Waals surface area contributed by atoms with Crippen LogP contribution in [0, 0.1) is 0 Å². The molecule has 2 fully saturated rings. The first-order chi connectivity index (χ1) is 5.81.